The van der Waals surface area contributed by atoms with Gasteiger partial charge < -0.3 is 10.2 Å². The molecule has 1 N–H and O–H groups in total. The molecule has 0 radical (unpaired) electrons. The maximum Gasteiger partial charge on any atom is 0.229 e. The highest BCUT2D eigenvalue weighted by Crippen LogP contribution is 2.25. The molecule has 4 nitrogen and oxygen atoms in total. The first-order chi connectivity index (χ1) is 11.6. The Morgan fingerprint density at radius 2 is 1.83 bits per heavy atom. The third-order valence-electron chi connectivity index (χ3n) is 5.11. The summed E-state index contributed by atoms with van der Waals surface area (Å²) in [5.74, 6) is 0.0553. The minimum atomic E-state index is -0.147. The Morgan fingerprint density at radius 3 is 2.50 bits per heavy atom. The summed E-state index contributed by atoms with van der Waals surface area (Å²) in [7, 11) is 1.98. The minimum absolute atomic E-state index is 0.147. The Kier molecular flexibility index (Phi) is 4.95. The number of hydrogen-bond donors (Lipinski definition) is 1. The predicted molar refractivity (Wildman–Crippen MR) is 96.4 cm³/mol. The van der Waals surface area contributed by atoms with Crippen LogP contribution in [0.4, 0.5) is 0 Å². The van der Waals surface area contributed by atoms with Crippen LogP contribution in [0.5, 0.6) is 0 Å². The summed E-state index contributed by atoms with van der Waals surface area (Å²) in [6.07, 6.45) is 2.89. The van der Waals surface area contributed by atoms with E-state index in [1.807, 2.05) is 49.2 Å². The molecule has 1 amide bonds. The van der Waals surface area contributed by atoms with Gasteiger partial charge in [0.25, 0.3) is 0 Å². The summed E-state index contributed by atoms with van der Waals surface area (Å²) in [6, 6.07) is 12.2. The van der Waals surface area contributed by atoms with Crippen LogP contribution in [0.3, 0.4) is 0 Å². The molecule has 1 unspecified atom stereocenters. The molecule has 2 aromatic rings. The molecule has 0 bridgehead atoms. The second-order valence-electron chi connectivity index (χ2n) is 6.59. The average Bonchev–Trinajstić information content (AvgIpc) is 2.66. The molecule has 4 heteroatoms. The smallest absolute Gasteiger partial charge is 0.229 e. The topological polar surface area (TPSA) is 49.4 Å². The normalized spacial score (nSPS) is 17.0. The Morgan fingerprint density at radius 1 is 1.17 bits per heavy atom. The van der Waals surface area contributed by atoms with Crippen molar-refractivity contribution in [3.8, 4) is 0 Å². The lowest BCUT2D eigenvalue weighted by Gasteiger charge is -2.33. The number of aldehydes is 1. The maximum atomic E-state index is 12.8. The van der Waals surface area contributed by atoms with Crippen LogP contribution in [-0.4, -0.2) is 43.3 Å². The summed E-state index contributed by atoms with van der Waals surface area (Å²) in [6.45, 7) is 3.63. The first-order valence-corrected chi connectivity index (χ1v) is 8.57. The van der Waals surface area contributed by atoms with Gasteiger partial charge in [-0.2, -0.15) is 0 Å². The Bertz CT molecular complexity index is 748. The number of amides is 1. The molecule has 1 saturated heterocycles. The number of rotatable bonds is 4. The molecule has 0 saturated carbocycles. The monoisotopic (exact) mass is 324 g/mol. The van der Waals surface area contributed by atoms with Crippen LogP contribution < -0.4 is 5.32 Å². The van der Waals surface area contributed by atoms with Crippen LogP contribution >= 0.6 is 0 Å². The fraction of sp³-hybridized carbons (Fsp3) is 0.400. The number of hydrogen-bond acceptors (Lipinski definition) is 3. The van der Waals surface area contributed by atoms with Crippen LogP contribution in [0.1, 0.15) is 41.6 Å². The highest BCUT2D eigenvalue weighted by atomic mass is 16.2. The van der Waals surface area contributed by atoms with Crippen LogP contribution in [0.15, 0.2) is 36.4 Å². The van der Waals surface area contributed by atoms with Crippen molar-refractivity contribution in [2.75, 3.05) is 20.1 Å². The molecule has 1 heterocycles. The molecule has 0 spiro atoms. The zero-order chi connectivity index (χ0) is 17.1. The van der Waals surface area contributed by atoms with E-state index < -0.39 is 0 Å². The van der Waals surface area contributed by atoms with Crippen molar-refractivity contribution < 1.29 is 9.59 Å². The standard InChI is InChI=1S/C20H24N2O2/c1-14(20(24)22-9-7-19(21-2)8-10-22)16-5-6-17-11-15(13-23)3-4-18(17)12-16/h3-6,11-14,19,21H,7-10H2,1-2H3. The Labute approximate surface area is 142 Å². The van der Waals surface area contributed by atoms with Crippen molar-refractivity contribution in [2.24, 2.45) is 0 Å². The summed E-state index contributed by atoms with van der Waals surface area (Å²) in [4.78, 5) is 25.7. The number of carbonyl (C=O) groups is 2. The third-order valence-corrected chi connectivity index (χ3v) is 5.11. The van der Waals surface area contributed by atoms with Gasteiger partial charge in [0, 0.05) is 24.7 Å². The van der Waals surface area contributed by atoms with Gasteiger partial charge in [-0.1, -0.05) is 30.3 Å². The summed E-state index contributed by atoms with van der Waals surface area (Å²) in [5.41, 5.74) is 1.70. The molecule has 1 fully saturated rings. The lowest BCUT2D eigenvalue weighted by atomic mass is 9.95. The van der Waals surface area contributed by atoms with Gasteiger partial charge in [0.05, 0.1) is 5.92 Å². The molecule has 0 aliphatic carbocycles. The van der Waals surface area contributed by atoms with Gasteiger partial charge in [-0.05, 0) is 49.2 Å². The Balaban J connectivity index is 1.76. The Hall–Kier alpha value is -2.20. The molecule has 1 aliphatic heterocycles. The molecule has 1 atom stereocenters. The zero-order valence-corrected chi connectivity index (χ0v) is 14.3. The number of nitrogens with one attached hydrogen (secondary N) is 1. The van der Waals surface area contributed by atoms with Gasteiger partial charge >= 0.3 is 0 Å². The van der Waals surface area contributed by atoms with Crippen molar-refractivity contribution >= 4 is 23.0 Å². The van der Waals surface area contributed by atoms with Crippen LogP contribution in [0.25, 0.3) is 10.8 Å². The summed E-state index contributed by atoms with van der Waals surface area (Å²) < 4.78 is 0. The van der Waals surface area contributed by atoms with Gasteiger partial charge in [0.1, 0.15) is 6.29 Å². The molecule has 1 aliphatic rings. The average molecular weight is 324 g/mol. The first kappa shape index (κ1) is 16.7. The molecular formula is C20H24N2O2. The van der Waals surface area contributed by atoms with Gasteiger partial charge in [0.2, 0.25) is 5.91 Å². The summed E-state index contributed by atoms with van der Waals surface area (Å²) >= 11 is 0. The number of fused-ring (bicyclic) bond motifs is 1. The third kappa shape index (κ3) is 3.34. The van der Waals surface area contributed by atoms with Gasteiger partial charge in [-0.3, -0.25) is 9.59 Å². The lowest BCUT2D eigenvalue weighted by Crippen LogP contribution is -2.45. The van der Waals surface area contributed by atoms with Crippen molar-refractivity contribution in [1.82, 2.24) is 10.2 Å². The van der Waals surface area contributed by atoms with Crippen LogP contribution in [-0.2, 0) is 4.79 Å². The molecule has 3 rings (SSSR count). The maximum absolute atomic E-state index is 12.8. The lowest BCUT2D eigenvalue weighted by molar-refractivity contribution is -0.133. The minimum Gasteiger partial charge on any atom is -0.342 e. The van der Waals surface area contributed by atoms with Gasteiger partial charge in [-0.15, -0.1) is 0 Å². The molecule has 0 aromatic heterocycles. The second-order valence-corrected chi connectivity index (χ2v) is 6.59. The largest absolute Gasteiger partial charge is 0.342 e. The van der Waals surface area contributed by atoms with E-state index in [1.54, 1.807) is 0 Å². The highest BCUT2D eigenvalue weighted by molar-refractivity contribution is 5.91. The van der Waals surface area contributed by atoms with Crippen molar-refractivity contribution in [1.29, 1.82) is 0 Å². The van der Waals surface area contributed by atoms with E-state index in [4.69, 9.17) is 0 Å². The van der Waals surface area contributed by atoms with Crippen molar-refractivity contribution in [3.63, 3.8) is 0 Å². The van der Waals surface area contributed by atoms with Crippen LogP contribution in [0, 0.1) is 0 Å². The molecule has 126 valence electrons. The molecule has 2 aromatic carbocycles. The fourth-order valence-electron chi connectivity index (χ4n) is 3.43. The predicted octanol–water partition coefficient (Wildman–Crippen LogP) is 2.97. The van der Waals surface area contributed by atoms with Gasteiger partial charge in [0.15, 0.2) is 0 Å². The first-order valence-electron chi connectivity index (χ1n) is 8.57. The van der Waals surface area contributed by atoms with E-state index in [2.05, 4.69) is 11.4 Å². The van der Waals surface area contributed by atoms with E-state index in [9.17, 15) is 9.59 Å². The van der Waals surface area contributed by atoms with Crippen molar-refractivity contribution in [3.05, 3.63) is 47.5 Å². The molecule has 24 heavy (non-hydrogen) atoms. The number of carbonyl (C=O) groups excluding carboxylic acids is 2. The van der Waals surface area contributed by atoms with E-state index in [0.29, 0.717) is 11.6 Å². The molecular weight excluding hydrogens is 300 g/mol. The second kappa shape index (κ2) is 7.14. The van der Waals surface area contributed by atoms with Crippen LogP contribution in [0.2, 0.25) is 0 Å². The number of nitrogens with zero attached hydrogens (tertiary/aromatic N) is 1. The van der Waals surface area contributed by atoms with E-state index >= 15 is 0 Å². The zero-order valence-electron chi connectivity index (χ0n) is 14.3. The SMILES string of the molecule is CNC1CCN(C(=O)C(C)c2ccc3cc(C=O)ccc3c2)CC1. The van der Waals surface area contributed by atoms with E-state index in [1.165, 1.54) is 0 Å². The van der Waals surface area contributed by atoms with E-state index in [0.717, 1.165) is 48.6 Å². The summed E-state index contributed by atoms with van der Waals surface area (Å²) in [5, 5.41) is 5.38. The van der Waals surface area contributed by atoms with Gasteiger partial charge in [-0.25, -0.2) is 0 Å². The number of benzene rings is 2. The number of piperidine rings is 1. The van der Waals surface area contributed by atoms with E-state index in [-0.39, 0.29) is 11.8 Å². The highest BCUT2D eigenvalue weighted by Gasteiger charge is 2.26. The van der Waals surface area contributed by atoms with Crippen molar-refractivity contribution in [2.45, 2.75) is 31.7 Å². The quantitative estimate of drug-likeness (QED) is 0.880. The fourth-order valence-corrected chi connectivity index (χ4v) is 3.43. The number of likely N-dealkylation sites (tertiary alicyclic amines) is 1.